The molecule has 0 spiro atoms. The zero-order chi connectivity index (χ0) is 14.0. The van der Waals surface area contributed by atoms with Crippen molar-refractivity contribution in [3.63, 3.8) is 0 Å². The smallest absolute Gasteiger partial charge is 0.135 e. The Labute approximate surface area is 116 Å². The summed E-state index contributed by atoms with van der Waals surface area (Å²) in [7, 11) is 1.90. The molecule has 0 radical (unpaired) electrons. The van der Waals surface area contributed by atoms with Crippen LogP contribution in [0.25, 0.3) is 0 Å². The highest BCUT2D eigenvalue weighted by Crippen LogP contribution is 2.51. The molecule has 1 aliphatic carbocycles. The lowest BCUT2D eigenvalue weighted by molar-refractivity contribution is 0.380. The minimum absolute atomic E-state index is 0.342. The molecule has 0 bridgehead atoms. The van der Waals surface area contributed by atoms with Crippen LogP contribution in [-0.2, 0) is 0 Å². The van der Waals surface area contributed by atoms with Crippen molar-refractivity contribution >= 4 is 11.6 Å². The fraction of sp³-hybridized carbons (Fsp3) is 0.733. The van der Waals surface area contributed by atoms with E-state index >= 15 is 0 Å². The molecule has 4 nitrogen and oxygen atoms in total. The first-order chi connectivity index (χ1) is 8.97. The van der Waals surface area contributed by atoms with Gasteiger partial charge in [0, 0.05) is 25.6 Å². The molecule has 1 aromatic rings. The molecular formula is C15H26N4. The van der Waals surface area contributed by atoms with Gasteiger partial charge in [-0.1, -0.05) is 27.7 Å². The second-order valence-corrected chi connectivity index (χ2v) is 6.27. The maximum atomic E-state index is 4.61. The molecule has 1 fully saturated rings. The Hall–Kier alpha value is -1.32. The fourth-order valence-electron chi connectivity index (χ4n) is 2.33. The minimum atomic E-state index is 0.342. The van der Waals surface area contributed by atoms with E-state index in [4.69, 9.17) is 0 Å². The van der Waals surface area contributed by atoms with Crippen LogP contribution in [0, 0.1) is 11.3 Å². The Bertz CT molecular complexity index is 436. The Morgan fingerprint density at radius 3 is 2.26 bits per heavy atom. The van der Waals surface area contributed by atoms with Gasteiger partial charge in [0.1, 0.15) is 17.5 Å². The van der Waals surface area contributed by atoms with Gasteiger partial charge in [-0.2, -0.15) is 0 Å². The topological polar surface area (TPSA) is 49.8 Å². The van der Waals surface area contributed by atoms with Crippen molar-refractivity contribution in [2.75, 3.05) is 24.2 Å². The predicted octanol–water partition coefficient (Wildman–Crippen LogP) is 3.49. The summed E-state index contributed by atoms with van der Waals surface area (Å²) in [5.74, 6) is 3.79. The molecule has 0 atom stereocenters. The van der Waals surface area contributed by atoms with E-state index in [0.717, 1.165) is 29.9 Å². The zero-order valence-corrected chi connectivity index (χ0v) is 12.7. The van der Waals surface area contributed by atoms with E-state index in [0.29, 0.717) is 11.3 Å². The Morgan fingerprint density at radius 2 is 1.79 bits per heavy atom. The number of anilines is 2. The van der Waals surface area contributed by atoms with Gasteiger partial charge >= 0.3 is 0 Å². The Kier molecular flexibility index (Phi) is 3.97. The number of hydrogen-bond acceptors (Lipinski definition) is 4. The second kappa shape index (κ2) is 5.35. The standard InChI is InChI=1S/C15H26N4/c1-10(2)14-18-12(16-5)8-13(19-14)17-9-15(6-7-15)11(3)4/h8,10-11H,6-7,9H2,1-5H3,(H2,16,17,18,19). The lowest BCUT2D eigenvalue weighted by Gasteiger charge is -2.21. The lowest BCUT2D eigenvalue weighted by atomic mass is 9.92. The van der Waals surface area contributed by atoms with Crippen molar-refractivity contribution in [1.29, 1.82) is 0 Å². The van der Waals surface area contributed by atoms with Crippen LogP contribution in [0.4, 0.5) is 11.6 Å². The molecule has 4 heteroatoms. The molecule has 19 heavy (non-hydrogen) atoms. The Morgan fingerprint density at radius 1 is 1.16 bits per heavy atom. The highest BCUT2D eigenvalue weighted by atomic mass is 15.1. The van der Waals surface area contributed by atoms with E-state index in [9.17, 15) is 0 Å². The highest BCUT2D eigenvalue weighted by Gasteiger charge is 2.44. The van der Waals surface area contributed by atoms with Crippen molar-refractivity contribution in [3.8, 4) is 0 Å². The number of rotatable bonds is 6. The van der Waals surface area contributed by atoms with Crippen LogP contribution in [0.5, 0.6) is 0 Å². The van der Waals surface area contributed by atoms with Gasteiger partial charge in [0.15, 0.2) is 0 Å². The highest BCUT2D eigenvalue weighted by molar-refractivity contribution is 5.47. The van der Waals surface area contributed by atoms with E-state index in [1.54, 1.807) is 0 Å². The van der Waals surface area contributed by atoms with Gasteiger partial charge < -0.3 is 10.6 Å². The molecule has 1 aliphatic rings. The first-order valence-electron chi connectivity index (χ1n) is 7.27. The van der Waals surface area contributed by atoms with Crippen LogP contribution in [0.3, 0.4) is 0 Å². The molecule has 0 aromatic carbocycles. The van der Waals surface area contributed by atoms with Gasteiger partial charge in [0.25, 0.3) is 0 Å². The summed E-state index contributed by atoms with van der Waals surface area (Å²) in [4.78, 5) is 9.09. The van der Waals surface area contributed by atoms with Gasteiger partial charge in [-0.05, 0) is 24.2 Å². The quantitative estimate of drug-likeness (QED) is 0.824. The molecule has 2 rings (SSSR count). The third kappa shape index (κ3) is 3.17. The molecule has 0 amide bonds. The number of hydrogen-bond donors (Lipinski definition) is 2. The maximum absolute atomic E-state index is 4.61. The molecule has 2 N–H and O–H groups in total. The monoisotopic (exact) mass is 262 g/mol. The van der Waals surface area contributed by atoms with Crippen LogP contribution in [0.15, 0.2) is 6.07 Å². The van der Waals surface area contributed by atoms with Crippen molar-refractivity contribution < 1.29 is 0 Å². The van der Waals surface area contributed by atoms with E-state index in [1.165, 1.54) is 12.8 Å². The number of nitrogens with one attached hydrogen (secondary N) is 2. The van der Waals surface area contributed by atoms with Crippen LogP contribution >= 0.6 is 0 Å². The molecule has 1 heterocycles. The van der Waals surface area contributed by atoms with Crippen LogP contribution in [0.1, 0.15) is 52.3 Å². The van der Waals surface area contributed by atoms with E-state index in [-0.39, 0.29) is 0 Å². The SMILES string of the molecule is CNc1cc(NCC2(C(C)C)CC2)nc(C(C)C)n1. The summed E-state index contributed by atoms with van der Waals surface area (Å²) in [5, 5.41) is 6.61. The summed E-state index contributed by atoms with van der Waals surface area (Å²) in [6.07, 6.45) is 2.66. The molecule has 106 valence electrons. The molecule has 0 saturated heterocycles. The molecule has 0 unspecified atom stereocenters. The summed E-state index contributed by atoms with van der Waals surface area (Å²) in [6.45, 7) is 9.88. The summed E-state index contributed by atoms with van der Waals surface area (Å²) < 4.78 is 0. The van der Waals surface area contributed by atoms with E-state index in [2.05, 4.69) is 48.3 Å². The van der Waals surface area contributed by atoms with Gasteiger partial charge in [-0.15, -0.1) is 0 Å². The average Bonchev–Trinajstić information content (AvgIpc) is 3.17. The number of aromatic nitrogens is 2. The summed E-state index contributed by atoms with van der Waals surface area (Å²) in [6, 6.07) is 1.99. The zero-order valence-electron chi connectivity index (χ0n) is 12.7. The Balaban J connectivity index is 2.09. The van der Waals surface area contributed by atoms with Crippen molar-refractivity contribution in [3.05, 3.63) is 11.9 Å². The third-order valence-electron chi connectivity index (χ3n) is 4.25. The van der Waals surface area contributed by atoms with Crippen molar-refractivity contribution in [2.45, 2.75) is 46.5 Å². The van der Waals surface area contributed by atoms with Crippen LogP contribution in [-0.4, -0.2) is 23.6 Å². The largest absolute Gasteiger partial charge is 0.373 e. The summed E-state index contributed by atoms with van der Waals surface area (Å²) in [5.41, 5.74) is 0.489. The molecular weight excluding hydrogens is 236 g/mol. The molecule has 1 saturated carbocycles. The second-order valence-electron chi connectivity index (χ2n) is 6.27. The van der Waals surface area contributed by atoms with Gasteiger partial charge in [-0.25, -0.2) is 9.97 Å². The van der Waals surface area contributed by atoms with Crippen molar-refractivity contribution in [2.24, 2.45) is 11.3 Å². The maximum Gasteiger partial charge on any atom is 0.135 e. The first-order valence-corrected chi connectivity index (χ1v) is 7.27. The van der Waals surface area contributed by atoms with Gasteiger partial charge in [0.05, 0.1) is 0 Å². The van der Waals surface area contributed by atoms with Crippen LogP contribution < -0.4 is 10.6 Å². The van der Waals surface area contributed by atoms with Gasteiger partial charge in [-0.3, -0.25) is 0 Å². The third-order valence-corrected chi connectivity index (χ3v) is 4.25. The van der Waals surface area contributed by atoms with E-state index < -0.39 is 0 Å². The first kappa shape index (κ1) is 14.1. The summed E-state index contributed by atoms with van der Waals surface area (Å²) >= 11 is 0. The normalized spacial score (nSPS) is 16.8. The van der Waals surface area contributed by atoms with Crippen molar-refractivity contribution in [1.82, 2.24) is 9.97 Å². The molecule has 1 aromatic heterocycles. The molecule has 0 aliphatic heterocycles. The van der Waals surface area contributed by atoms with Gasteiger partial charge in [0.2, 0.25) is 0 Å². The predicted molar refractivity (Wildman–Crippen MR) is 80.7 cm³/mol. The van der Waals surface area contributed by atoms with Crippen LogP contribution in [0.2, 0.25) is 0 Å². The number of nitrogens with zero attached hydrogens (tertiary/aromatic N) is 2. The fourth-order valence-corrected chi connectivity index (χ4v) is 2.33. The average molecular weight is 262 g/mol. The lowest BCUT2D eigenvalue weighted by Crippen LogP contribution is -2.21. The van der Waals surface area contributed by atoms with E-state index in [1.807, 2.05) is 13.1 Å². The minimum Gasteiger partial charge on any atom is -0.373 e.